The van der Waals surface area contributed by atoms with Crippen molar-refractivity contribution in [1.82, 2.24) is 0 Å². The zero-order chi connectivity index (χ0) is 37.1. The molecular weight excluding hydrogens is 633 g/mol. The van der Waals surface area contributed by atoms with Crippen molar-refractivity contribution in [3.63, 3.8) is 0 Å². The Labute approximate surface area is 313 Å². The third-order valence-electron chi connectivity index (χ3n) is 8.14. The lowest BCUT2D eigenvalue weighted by Gasteiger charge is -2.15. The molecule has 0 saturated heterocycles. The maximum absolute atomic E-state index is 12.1. The highest BCUT2D eigenvalue weighted by Crippen LogP contribution is 2.11. The smallest absolute Gasteiger partial charge is 0.306 e. The fourth-order valence-electron chi connectivity index (χ4n) is 5.10. The Morgan fingerprint density at radius 1 is 0.471 bits per heavy atom. The molecule has 0 aromatic rings. The number of carbonyl (C=O) groups is 2. The summed E-state index contributed by atoms with van der Waals surface area (Å²) in [5, 5.41) is 9.51. The number of rotatable bonds is 35. The zero-order valence-electron chi connectivity index (χ0n) is 32.6. The van der Waals surface area contributed by atoms with Gasteiger partial charge in [-0.25, -0.2) is 0 Å². The van der Waals surface area contributed by atoms with Gasteiger partial charge >= 0.3 is 11.9 Å². The Bertz CT molecular complexity index is 1030. The quantitative estimate of drug-likeness (QED) is 0.0403. The second-order valence-corrected chi connectivity index (χ2v) is 13.0. The predicted octanol–water partition coefficient (Wildman–Crippen LogP) is 12.9. The first-order valence-electron chi connectivity index (χ1n) is 20.3. The van der Waals surface area contributed by atoms with Gasteiger partial charge in [0, 0.05) is 12.8 Å². The molecule has 51 heavy (non-hydrogen) atoms. The first-order valence-corrected chi connectivity index (χ1v) is 20.3. The molecule has 0 radical (unpaired) electrons. The molecule has 0 fully saturated rings. The molecule has 0 spiro atoms. The van der Waals surface area contributed by atoms with E-state index in [2.05, 4.69) is 111 Å². The number of carbonyl (C=O) groups excluding carboxylic acids is 2. The fraction of sp³-hybridized carbons (Fsp3) is 0.609. The van der Waals surface area contributed by atoms with E-state index in [0.29, 0.717) is 12.8 Å². The molecule has 0 aliphatic carbocycles. The summed E-state index contributed by atoms with van der Waals surface area (Å²) in [6, 6.07) is 0. The molecule has 1 N–H and O–H groups in total. The molecule has 0 bridgehead atoms. The van der Waals surface area contributed by atoms with Gasteiger partial charge in [-0.2, -0.15) is 0 Å². The van der Waals surface area contributed by atoms with Gasteiger partial charge in [-0.15, -0.1) is 0 Å². The Hall–Kier alpha value is -3.18. The van der Waals surface area contributed by atoms with E-state index in [0.717, 1.165) is 103 Å². The summed E-state index contributed by atoms with van der Waals surface area (Å²) in [6.07, 6.45) is 57.7. The molecule has 0 aliphatic heterocycles. The van der Waals surface area contributed by atoms with E-state index in [1.54, 1.807) is 0 Å². The van der Waals surface area contributed by atoms with Crippen LogP contribution in [-0.2, 0) is 19.1 Å². The van der Waals surface area contributed by atoms with Gasteiger partial charge < -0.3 is 14.6 Å². The van der Waals surface area contributed by atoms with E-state index in [-0.39, 0.29) is 25.2 Å². The molecule has 0 rings (SSSR count). The van der Waals surface area contributed by atoms with Gasteiger partial charge in [-0.05, 0) is 77.0 Å². The van der Waals surface area contributed by atoms with Crippen LogP contribution < -0.4 is 0 Å². The van der Waals surface area contributed by atoms with E-state index in [1.165, 1.54) is 32.1 Å². The lowest BCUT2D eigenvalue weighted by atomic mass is 10.1. The summed E-state index contributed by atoms with van der Waals surface area (Å²) in [7, 11) is 0. The number of esters is 2. The third-order valence-corrected chi connectivity index (χ3v) is 8.14. The Kier molecular flexibility index (Phi) is 38.7. The molecule has 0 heterocycles. The van der Waals surface area contributed by atoms with Crippen LogP contribution in [0.25, 0.3) is 0 Å². The molecule has 0 aliphatic rings. The minimum atomic E-state index is -0.787. The van der Waals surface area contributed by atoms with Crippen LogP contribution in [0.1, 0.15) is 162 Å². The van der Waals surface area contributed by atoms with Gasteiger partial charge in [-0.3, -0.25) is 9.59 Å². The number of allylic oxidation sites excluding steroid dienone is 16. The number of unbranched alkanes of at least 4 members (excludes halogenated alkanes) is 11. The van der Waals surface area contributed by atoms with Crippen LogP contribution in [0.3, 0.4) is 0 Å². The van der Waals surface area contributed by atoms with Crippen molar-refractivity contribution in [3.8, 4) is 0 Å². The maximum Gasteiger partial charge on any atom is 0.306 e. The molecular formula is C46H74O5. The summed E-state index contributed by atoms with van der Waals surface area (Å²) in [6.45, 7) is 3.94. The lowest BCUT2D eigenvalue weighted by Crippen LogP contribution is -2.28. The van der Waals surface area contributed by atoms with E-state index in [9.17, 15) is 14.7 Å². The van der Waals surface area contributed by atoms with E-state index >= 15 is 0 Å². The van der Waals surface area contributed by atoms with Crippen LogP contribution >= 0.6 is 0 Å². The Morgan fingerprint density at radius 2 is 0.843 bits per heavy atom. The molecule has 0 aromatic heterocycles. The highest BCUT2D eigenvalue weighted by molar-refractivity contribution is 5.70. The second-order valence-electron chi connectivity index (χ2n) is 13.0. The molecule has 5 heteroatoms. The number of hydrogen-bond donors (Lipinski definition) is 1. The van der Waals surface area contributed by atoms with Crippen molar-refractivity contribution in [2.24, 2.45) is 0 Å². The summed E-state index contributed by atoms with van der Waals surface area (Å²) in [5.74, 6) is -0.634. The number of ether oxygens (including phenoxy) is 2. The topological polar surface area (TPSA) is 72.8 Å². The van der Waals surface area contributed by atoms with Crippen molar-refractivity contribution in [2.75, 3.05) is 13.2 Å². The molecule has 5 nitrogen and oxygen atoms in total. The summed E-state index contributed by atoms with van der Waals surface area (Å²) < 4.78 is 10.5. The minimum absolute atomic E-state index is 0.0812. The number of aliphatic hydroxyl groups excluding tert-OH is 1. The molecule has 1 unspecified atom stereocenters. The standard InChI is InChI=1S/C46H74O5/c1-3-5-7-9-11-13-14-15-16-17-18-19-20-21-22-23-24-25-26-27-28-29-30-31-32-33-35-37-39-41-46(49)51-44(42-47)43-50-45(48)40-38-36-34-12-10-8-6-4-2/h5,7,11,13,15-16,18-19,21-22,24-25,27-28,30-31,44,47H,3-4,6,8-10,12,14,17,20,23,26,29,32-43H2,1-2H3/b7-5-,13-11-,16-15-,19-18-,22-21-,25-24-,28-27-,31-30-. The van der Waals surface area contributed by atoms with Crippen LogP contribution in [0.15, 0.2) is 97.2 Å². The third kappa shape index (κ3) is 39.5. The number of aliphatic hydroxyl groups is 1. The average molecular weight is 707 g/mol. The van der Waals surface area contributed by atoms with Crippen LogP contribution in [0.2, 0.25) is 0 Å². The first kappa shape index (κ1) is 47.8. The van der Waals surface area contributed by atoms with Crippen molar-refractivity contribution in [2.45, 2.75) is 168 Å². The normalized spacial score (nSPS) is 13.2. The van der Waals surface area contributed by atoms with Gasteiger partial charge in [0.1, 0.15) is 6.61 Å². The van der Waals surface area contributed by atoms with Crippen molar-refractivity contribution < 1.29 is 24.2 Å². The monoisotopic (exact) mass is 707 g/mol. The van der Waals surface area contributed by atoms with E-state index in [1.807, 2.05) is 0 Å². The lowest BCUT2D eigenvalue weighted by molar-refractivity contribution is -0.161. The van der Waals surface area contributed by atoms with Gasteiger partial charge in [0.25, 0.3) is 0 Å². The van der Waals surface area contributed by atoms with E-state index < -0.39 is 6.10 Å². The Morgan fingerprint density at radius 3 is 1.27 bits per heavy atom. The molecule has 288 valence electrons. The Balaban J connectivity index is 3.68. The van der Waals surface area contributed by atoms with Gasteiger partial charge in [0.15, 0.2) is 6.10 Å². The van der Waals surface area contributed by atoms with Gasteiger partial charge in [-0.1, -0.05) is 169 Å². The average Bonchev–Trinajstić information content (AvgIpc) is 3.13. The molecule has 1 atom stereocenters. The SMILES string of the molecule is CC/C=C\C/C=C\C/C=C\C/C=C\C/C=C\C/C=C\C/C=C\C/C=C\CCCCCCC(=O)OC(CO)COC(=O)CCCCCCCCCC. The first-order chi connectivity index (χ1) is 25.1. The van der Waals surface area contributed by atoms with Crippen molar-refractivity contribution >= 4 is 11.9 Å². The summed E-state index contributed by atoms with van der Waals surface area (Å²) in [4.78, 5) is 24.1. The van der Waals surface area contributed by atoms with Crippen molar-refractivity contribution in [1.29, 1.82) is 0 Å². The summed E-state index contributed by atoms with van der Waals surface area (Å²) in [5.41, 5.74) is 0. The van der Waals surface area contributed by atoms with Gasteiger partial charge in [0.2, 0.25) is 0 Å². The highest BCUT2D eigenvalue weighted by Gasteiger charge is 2.16. The number of hydrogen-bond acceptors (Lipinski definition) is 5. The largest absolute Gasteiger partial charge is 0.462 e. The van der Waals surface area contributed by atoms with E-state index in [4.69, 9.17) is 9.47 Å². The molecule has 0 aromatic carbocycles. The van der Waals surface area contributed by atoms with Crippen LogP contribution in [-0.4, -0.2) is 36.4 Å². The van der Waals surface area contributed by atoms with Crippen LogP contribution in [0.5, 0.6) is 0 Å². The van der Waals surface area contributed by atoms with Gasteiger partial charge in [0.05, 0.1) is 6.61 Å². The molecule has 0 saturated carbocycles. The predicted molar refractivity (Wildman–Crippen MR) is 219 cm³/mol. The minimum Gasteiger partial charge on any atom is -0.462 e. The second kappa shape index (κ2) is 41.2. The fourth-order valence-corrected chi connectivity index (χ4v) is 5.10. The van der Waals surface area contributed by atoms with Crippen LogP contribution in [0.4, 0.5) is 0 Å². The van der Waals surface area contributed by atoms with Crippen LogP contribution in [0, 0.1) is 0 Å². The highest BCUT2D eigenvalue weighted by atomic mass is 16.6. The maximum atomic E-state index is 12.1. The van der Waals surface area contributed by atoms with Crippen molar-refractivity contribution in [3.05, 3.63) is 97.2 Å². The summed E-state index contributed by atoms with van der Waals surface area (Å²) >= 11 is 0. The molecule has 0 amide bonds. The zero-order valence-corrected chi connectivity index (χ0v) is 32.6.